The van der Waals surface area contributed by atoms with Crippen LogP contribution in [0.15, 0.2) is 89.7 Å². The largest absolute Gasteiger partial charge is 0.497 e. The van der Waals surface area contributed by atoms with Gasteiger partial charge < -0.3 is 14.1 Å². The van der Waals surface area contributed by atoms with E-state index in [1.807, 2.05) is 65.6 Å². The number of pyridine rings is 1. The van der Waals surface area contributed by atoms with Crippen LogP contribution in [0.2, 0.25) is 0 Å². The van der Waals surface area contributed by atoms with Crippen molar-refractivity contribution in [3.05, 3.63) is 102 Å². The molecule has 1 amide bonds. The number of benzene rings is 3. The van der Waals surface area contributed by atoms with E-state index in [2.05, 4.69) is 17.1 Å². The molecule has 6 rings (SSSR count). The number of hydrogen-bond donors (Lipinski definition) is 0. The van der Waals surface area contributed by atoms with Crippen molar-refractivity contribution in [3.8, 4) is 28.3 Å². The Bertz CT molecular complexity index is 1530. The van der Waals surface area contributed by atoms with Crippen molar-refractivity contribution in [1.82, 2.24) is 14.9 Å². The van der Waals surface area contributed by atoms with E-state index in [9.17, 15) is 4.79 Å². The molecule has 0 radical (unpaired) electrons. The number of aromatic nitrogens is 2. The molecule has 6 nitrogen and oxygen atoms in total. The number of ether oxygens (including phenoxy) is 1. The number of nitrogens with zero attached hydrogens (tertiary/aromatic N) is 3. The number of fused-ring (bicyclic) bond motifs is 2. The van der Waals surface area contributed by atoms with Crippen LogP contribution in [-0.2, 0) is 13.0 Å². The minimum Gasteiger partial charge on any atom is -0.497 e. The molecule has 0 saturated carbocycles. The standard InChI is InChI=1S/C29H23N3O3/c1-34-21-11-9-19(10-12-21)24-17-20-5-2-3-8-26(20)31-27(24)13-15-32-18-25-22(28-30-14-16-35-28)6-4-7-23(25)29(32)33/h2-12,14,16-17H,13,15,18H2,1H3. The first-order valence-electron chi connectivity index (χ1n) is 11.6. The van der Waals surface area contributed by atoms with Crippen LogP contribution in [0.3, 0.4) is 0 Å². The summed E-state index contributed by atoms with van der Waals surface area (Å²) in [6, 6.07) is 24.0. The number of methoxy groups -OCH3 is 1. The number of carbonyl (C=O) groups excluding carboxylic acids is 1. The molecule has 1 aliphatic heterocycles. The third-order valence-corrected chi connectivity index (χ3v) is 6.53. The number of hydrogen-bond acceptors (Lipinski definition) is 5. The van der Waals surface area contributed by atoms with Gasteiger partial charge in [-0.3, -0.25) is 9.78 Å². The van der Waals surface area contributed by atoms with Crippen LogP contribution in [-0.4, -0.2) is 34.4 Å². The Morgan fingerprint density at radius 1 is 0.971 bits per heavy atom. The predicted octanol–water partition coefficient (Wildman–Crippen LogP) is 5.76. The zero-order chi connectivity index (χ0) is 23.8. The summed E-state index contributed by atoms with van der Waals surface area (Å²) >= 11 is 0. The number of carbonyl (C=O) groups is 1. The molecule has 35 heavy (non-hydrogen) atoms. The fourth-order valence-electron chi connectivity index (χ4n) is 4.74. The third kappa shape index (κ3) is 3.83. The molecule has 172 valence electrons. The lowest BCUT2D eigenvalue weighted by atomic mass is 9.99. The van der Waals surface area contributed by atoms with Crippen molar-refractivity contribution < 1.29 is 13.9 Å². The summed E-state index contributed by atoms with van der Waals surface area (Å²) in [5.41, 5.74) is 6.58. The lowest BCUT2D eigenvalue weighted by molar-refractivity contribution is 0.0780. The van der Waals surface area contributed by atoms with Crippen LogP contribution in [0, 0.1) is 0 Å². The topological polar surface area (TPSA) is 68.5 Å². The van der Waals surface area contributed by atoms with Gasteiger partial charge in [0.1, 0.15) is 12.0 Å². The quantitative estimate of drug-likeness (QED) is 0.321. The van der Waals surface area contributed by atoms with Crippen LogP contribution in [0.5, 0.6) is 5.75 Å². The monoisotopic (exact) mass is 461 g/mol. The zero-order valence-electron chi connectivity index (χ0n) is 19.3. The molecule has 6 heteroatoms. The summed E-state index contributed by atoms with van der Waals surface area (Å²) in [7, 11) is 1.66. The van der Waals surface area contributed by atoms with Gasteiger partial charge in [-0.1, -0.05) is 36.4 Å². The SMILES string of the molecule is COc1ccc(-c2cc3ccccc3nc2CCN2Cc3c(cccc3-c3ncco3)C2=O)cc1. The first-order valence-corrected chi connectivity index (χ1v) is 11.6. The summed E-state index contributed by atoms with van der Waals surface area (Å²) in [5, 5.41) is 1.09. The van der Waals surface area contributed by atoms with E-state index in [0.29, 0.717) is 31.0 Å². The highest BCUT2D eigenvalue weighted by Gasteiger charge is 2.30. The van der Waals surface area contributed by atoms with Crippen molar-refractivity contribution >= 4 is 16.8 Å². The van der Waals surface area contributed by atoms with Crippen molar-refractivity contribution in [2.45, 2.75) is 13.0 Å². The van der Waals surface area contributed by atoms with Gasteiger partial charge in [0.2, 0.25) is 5.89 Å². The lowest BCUT2D eigenvalue weighted by Crippen LogP contribution is -2.26. The predicted molar refractivity (Wildman–Crippen MR) is 134 cm³/mol. The molecule has 1 aliphatic rings. The van der Waals surface area contributed by atoms with E-state index in [1.165, 1.54) is 0 Å². The normalized spacial score (nSPS) is 12.8. The Kier molecular flexibility index (Phi) is 5.26. The van der Waals surface area contributed by atoms with Gasteiger partial charge in [-0.25, -0.2) is 4.98 Å². The fourth-order valence-corrected chi connectivity index (χ4v) is 4.74. The van der Waals surface area contributed by atoms with E-state index in [-0.39, 0.29) is 5.91 Å². The molecule has 0 fully saturated rings. The smallest absolute Gasteiger partial charge is 0.254 e. The lowest BCUT2D eigenvalue weighted by Gasteiger charge is -2.17. The fraction of sp³-hybridized carbons (Fsp3) is 0.138. The highest BCUT2D eigenvalue weighted by molar-refractivity contribution is 6.00. The van der Waals surface area contributed by atoms with Crippen LogP contribution in [0.25, 0.3) is 33.5 Å². The van der Waals surface area contributed by atoms with Gasteiger partial charge in [0.25, 0.3) is 5.91 Å². The van der Waals surface area contributed by atoms with Gasteiger partial charge in [0.05, 0.1) is 24.5 Å². The Hall–Kier alpha value is -4.45. The molecule has 0 unspecified atom stereocenters. The summed E-state index contributed by atoms with van der Waals surface area (Å²) in [4.78, 5) is 24.4. The van der Waals surface area contributed by atoms with Crippen molar-refractivity contribution in [2.24, 2.45) is 0 Å². The zero-order valence-corrected chi connectivity index (χ0v) is 19.3. The van der Waals surface area contributed by atoms with E-state index >= 15 is 0 Å². The van der Waals surface area contributed by atoms with E-state index in [4.69, 9.17) is 14.1 Å². The molecular weight excluding hydrogens is 438 g/mol. The maximum absolute atomic E-state index is 13.2. The van der Waals surface area contributed by atoms with E-state index in [0.717, 1.165) is 44.6 Å². The Morgan fingerprint density at radius 2 is 1.80 bits per heavy atom. The van der Waals surface area contributed by atoms with Gasteiger partial charge in [-0.2, -0.15) is 0 Å². The molecule has 0 N–H and O–H groups in total. The summed E-state index contributed by atoms with van der Waals surface area (Å²) < 4.78 is 10.8. The highest BCUT2D eigenvalue weighted by Crippen LogP contribution is 2.33. The van der Waals surface area contributed by atoms with Crippen LogP contribution in [0.1, 0.15) is 21.6 Å². The molecule has 0 bridgehead atoms. The summed E-state index contributed by atoms with van der Waals surface area (Å²) in [5.74, 6) is 1.38. The molecular formula is C29H23N3O3. The number of amides is 1. The van der Waals surface area contributed by atoms with Crippen molar-refractivity contribution in [3.63, 3.8) is 0 Å². The number of para-hydroxylation sites is 1. The molecule has 3 heterocycles. The van der Waals surface area contributed by atoms with Gasteiger partial charge in [0.15, 0.2) is 0 Å². The van der Waals surface area contributed by atoms with Crippen molar-refractivity contribution in [2.75, 3.05) is 13.7 Å². The molecule has 2 aromatic heterocycles. The summed E-state index contributed by atoms with van der Waals surface area (Å²) in [6.07, 6.45) is 3.81. The molecule has 0 saturated heterocycles. The van der Waals surface area contributed by atoms with Gasteiger partial charge in [-0.05, 0) is 47.5 Å². The highest BCUT2D eigenvalue weighted by atomic mass is 16.5. The second-order valence-corrected chi connectivity index (χ2v) is 8.55. The van der Waals surface area contributed by atoms with E-state index < -0.39 is 0 Å². The van der Waals surface area contributed by atoms with Crippen LogP contribution in [0.4, 0.5) is 0 Å². The minimum atomic E-state index is 0.0280. The molecule has 0 spiro atoms. The second kappa shape index (κ2) is 8.72. The van der Waals surface area contributed by atoms with Gasteiger partial charge in [0, 0.05) is 41.6 Å². The molecule has 3 aromatic carbocycles. The number of rotatable bonds is 6. The molecule has 0 atom stereocenters. The van der Waals surface area contributed by atoms with Crippen LogP contribution < -0.4 is 4.74 Å². The average Bonchev–Trinajstić information content (AvgIpc) is 3.55. The first kappa shape index (κ1) is 21.1. The Labute approximate surface area is 202 Å². The van der Waals surface area contributed by atoms with Gasteiger partial charge in [-0.15, -0.1) is 0 Å². The van der Waals surface area contributed by atoms with Crippen LogP contribution >= 0.6 is 0 Å². The van der Waals surface area contributed by atoms with Crippen molar-refractivity contribution in [1.29, 1.82) is 0 Å². The Balaban J connectivity index is 1.31. The molecule has 5 aromatic rings. The van der Waals surface area contributed by atoms with Gasteiger partial charge >= 0.3 is 0 Å². The second-order valence-electron chi connectivity index (χ2n) is 8.55. The number of oxazole rings is 1. The minimum absolute atomic E-state index is 0.0280. The summed E-state index contributed by atoms with van der Waals surface area (Å²) in [6.45, 7) is 1.09. The third-order valence-electron chi connectivity index (χ3n) is 6.53. The maximum atomic E-state index is 13.2. The van der Waals surface area contributed by atoms with E-state index in [1.54, 1.807) is 19.6 Å². The maximum Gasteiger partial charge on any atom is 0.254 e. The first-order chi connectivity index (χ1) is 17.2. The average molecular weight is 462 g/mol. The molecule has 0 aliphatic carbocycles. The Morgan fingerprint density at radius 3 is 2.60 bits per heavy atom.